The van der Waals surface area contributed by atoms with E-state index in [2.05, 4.69) is 39.1 Å². The van der Waals surface area contributed by atoms with Crippen LogP contribution in [0.1, 0.15) is 80.0 Å². The monoisotopic (exact) mass is 435 g/mol. The van der Waals surface area contributed by atoms with Gasteiger partial charge in [-0.05, 0) is 54.9 Å². The first-order valence-corrected chi connectivity index (χ1v) is 11.6. The molecule has 0 aliphatic heterocycles. The van der Waals surface area contributed by atoms with Crippen LogP contribution in [-0.4, -0.2) is 12.8 Å². The first kappa shape index (κ1) is 23.0. The summed E-state index contributed by atoms with van der Waals surface area (Å²) < 4.78 is 17.2. The summed E-state index contributed by atoms with van der Waals surface area (Å²) in [6.45, 7) is 12.1. The molecule has 1 heterocycles. The molecule has 1 unspecified atom stereocenters. The Kier molecular flexibility index (Phi) is 6.52. The molecule has 2 N–H and O–H groups in total. The van der Waals surface area contributed by atoms with Crippen molar-refractivity contribution < 1.29 is 4.39 Å². The number of benzene rings is 2. The van der Waals surface area contributed by atoms with Crippen LogP contribution in [0.2, 0.25) is 0 Å². The van der Waals surface area contributed by atoms with Crippen molar-refractivity contribution in [2.75, 3.05) is 12.4 Å². The number of nitriles is 1. The maximum atomic E-state index is 16.1. The average molecular weight is 436 g/mol. The maximum Gasteiger partial charge on any atom is 0.155 e. The van der Waals surface area contributed by atoms with E-state index >= 15 is 4.39 Å². The molecule has 0 saturated heterocycles. The fourth-order valence-corrected chi connectivity index (χ4v) is 5.42. The summed E-state index contributed by atoms with van der Waals surface area (Å²) in [6, 6.07) is 8.34. The van der Waals surface area contributed by atoms with Crippen LogP contribution in [0, 0.1) is 29.5 Å². The van der Waals surface area contributed by atoms with Crippen LogP contribution in [0.3, 0.4) is 0 Å². The van der Waals surface area contributed by atoms with Gasteiger partial charge in [0.05, 0.1) is 11.3 Å². The maximum absolute atomic E-state index is 16.1. The second-order valence-corrected chi connectivity index (χ2v) is 9.56. The minimum Gasteiger partial charge on any atom is -0.385 e. The lowest BCUT2D eigenvalue weighted by atomic mass is 9.84. The van der Waals surface area contributed by atoms with Gasteiger partial charge in [0, 0.05) is 38.8 Å². The number of aryl methyl sites for hydroxylation is 1. The second kappa shape index (κ2) is 8.80. The van der Waals surface area contributed by atoms with E-state index in [1.165, 1.54) is 0 Å². The number of thiophene rings is 1. The molecule has 5 heteroatoms. The Bertz CT molecular complexity index is 1210. The molecule has 2 aromatic carbocycles. The van der Waals surface area contributed by atoms with Crippen molar-refractivity contribution in [2.45, 2.75) is 59.8 Å². The van der Waals surface area contributed by atoms with Crippen molar-refractivity contribution >= 4 is 32.8 Å². The van der Waals surface area contributed by atoms with E-state index in [0.29, 0.717) is 28.1 Å². The Balaban J connectivity index is 2.55. The Morgan fingerprint density at radius 3 is 2.48 bits per heavy atom. The third-order valence-corrected chi connectivity index (χ3v) is 7.69. The zero-order valence-electron chi connectivity index (χ0n) is 19.3. The van der Waals surface area contributed by atoms with Crippen molar-refractivity contribution in [1.29, 1.82) is 10.7 Å². The van der Waals surface area contributed by atoms with Crippen molar-refractivity contribution in [3.8, 4) is 17.2 Å². The highest BCUT2D eigenvalue weighted by Gasteiger charge is 2.26. The Hall–Kier alpha value is -2.71. The van der Waals surface area contributed by atoms with Gasteiger partial charge in [-0.2, -0.15) is 5.26 Å². The van der Waals surface area contributed by atoms with E-state index in [1.54, 1.807) is 25.3 Å². The van der Waals surface area contributed by atoms with Gasteiger partial charge in [-0.3, -0.25) is 0 Å². The van der Waals surface area contributed by atoms with E-state index in [9.17, 15) is 5.26 Å². The standard InChI is InChI=1S/C26H30FN3S/c1-8-14(4)18-11-19(16(6)29)24(30-7)23(27)21(18)17-10-9-15(5)26-22(17)20(12-28)25(31-26)13(2)3/h9-11,13-14,29-30H,8H2,1-7H3. The van der Waals surface area contributed by atoms with Crippen LogP contribution in [-0.2, 0) is 0 Å². The van der Waals surface area contributed by atoms with Crippen LogP contribution in [0.25, 0.3) is 21.2 Å². The van der Waals surface area contributed by atoms with Gasteiger partial charge in [-0.1, -0.05) is 39.8 Å². The zero-order chi connectivity index (χ0) is 23.0. The lowest BCUT2D eigenvalue weighted by molar-refractivity contribution is 0.627. The SMILES string of the molecule is CCC(C)c1cc(C(C)=N)c(NC)c(F)c1-c1ccc(C)c2sc(C(C)C)c(C#N)c12. The van der Waals surface area contributed by atoms with Gasteiger partial charge in [0.15, 0.2) is 5.82 Å². The molecule has 3 aromatic rings. The highest BCUT2D eigenvalue weighted by molar-refractivity contribution is 7.19. The van der Waals surface area contributed by atoms with E-state index in [-0.39, 0.29) is 17.7 Å². The van der Waals surface area contributed by atoms with E-state index in [1.807, 2.05) is 25.1 Å². The first-order valence-electron chi connectivity index (χ1n) is 10.7. The van der Waals surface area contributed by atoms with Crippen molar-refractivity contribution in [3.05, 3.63) is 51.1 Å². The molecular weight excluding hydrogens is 405 g/mol. The summed E-state index contributed by atoms with van der Waals surface area (Å²) >= 11 is 1.64. The topological polar surface area (TPSA) is 59.7 Å². The fourth-order valence-electron chi connectivity index (χ4n) is 4.17. The molecular formula is C26H30FN3S. The first-order chi connectivity index (χ1) is 14.7. The molecule has 31 heavy (non-hydrogen) atoms. The molecule has 0 spiro atoms. The molecule has 0 bridgehead atoms. The lowest BCUT2D eigenvalue weighted by Gasteiger charge is -2.22. The van der Waals surface area contributed by atoms with Gasteiger partial charge in [-0.25, -0.2) is 4.39 Å². The van der Waals surface area contributed by atoms with Crippen LogP contribution < -0.4 is 5.32 Å². The van der Waals surface area contributed by atoms with Gasteiger partial charge in [0.2, 0.25) is 0 Å². The van der Waals surface area contributed by atoms with Gasteiger partial charge in [0.25, 0.3) is 0 Å². The van der Waals surface area contributed by atoms with Crippen LogP contribution in [0.15, 0.2) is 18.2 Å². The summed E-state index contributed by atoms with van der Waals surface area (Å²) in [5, 5.41) is 22.0. The summed E-state index contributed by atoms with van der Waals surface area (Å²) in [6.07, 6.45) is 0.850. The summed E-state index contributed by atoms with van der Waals surface area (Å²) in [5.74, 6) is -0.0270. The number of nitrogens with zero attached hydrogens (tertiary/aromatic N) is 1. The average Bonchev–Trinajstić information content (AvgIpc) is 3.14. The molecule has 0 aliphatic carbocycles. The highest BCUT2D eigenvalue weighted by Crippen LogP contribution is 2.46. The quantitative estimate of drug-likeness (QED) is 0.386. The normalized spacial score (nSPS) is 12.3. The van der Waals surface area contributed by atoms with Gasteiger partial charge in [-0.15, -0.1) is 11.3 Å². The zero-order valence-corrected chi connectivity index (χ0v) is 20.1. The number of fused-ring (bicyclic) bond motifs is 1. The van der Waals surface area contributed by atoms with Crippen LogP contribution in [0.5, 0.6) is 0 Å². The summed E-state index contributed by atoms with van der Waals surface area (Å²) in [5.41, 5.74) is 5.17. The predicted molar refractivity (Wildman–Crippen MR) is 132 cm³/mol. The van der Waals surface area contributed by atoms with E-state index in [4.69, 9.17) is 5.41 Å². The number of rotatable bonds is 6. The number of halogens is 1. The Labute approximate surface area is 188 Å². The molecule has 1 aromatic heterocycles. The largest absolute Gasteiger partial charge is 0.385 e. The molecule has 3 nitrogen and oxygen atoms in total. The van der Waals surface area contributed by atoms with Gasteiger partial charge < -0.3 is 10.7 Å². The van der Waals surface area contributed by atoms with Gasteiger partial charge in [0.1, 0.15) is 6.07 Å². The molecule has 162 valence electrons. The fraction of sp³-hybridized carbons (Fsp3) is 0.385. The minimum absolute atomic E-state index is 0.110. The lowest BCUT2D eigenvalue weighted by Crippen LogP contribution is -2.09. The van der Waals surface area contributed by atoms with Crippen LogP contribution in [0.4, 0.5) is 10.1 Å². The second-order valence-electron chi connectivity index (χ2n) is 8.50. The summed E-state index contributed by atoms with van der Waals surface area (Å²) in [7, 11) is 1.68. The Morgan fingerprint density at radius 2 is 1.97 bits per heavy atom. The molecule has 0 fully saturated rings. The number of hydrogen-bond donors (Lipinski definition) is 2. The molecule has 1 atom stereocenters. The highest BCUT2D eigenvalue weighted by atomic mass is 32.1. The minimum atomic E-state index is -0.353. The molecule has 3 rings (SSSR count). The van der Waals surface area contributed by atoms with E-state index < -0.39 is 0 Å². The number of anilines is 1. The van der Waals surface area contributed by atoms with Crippen molar-refractivity contribution in [2.24, 2.45) is 0 Å². The smallest absolute Gasteiger partial charge is 0.155 e. The third kappa shape index (κ3) is 3.74. The number of nitrogens with one attached hydrogen (secondary N) is 2. The summed E-state index contributed by atoms with van der Waals surface area (Å²) in [4.78, 5) is 1.04. The van der Waals surface area contributed by atoms with Gasteiger partial charge >= 0.3 is 0 Å². The Morgan fingerprint density at radius 1 is 1.29 bits per heavy atom. The van der Waals surface area contributed by atoms with Crippen molar-refractivity contribution in [1.82, 2.24) is 0 Å². The molecule has 0 amide bonds. The van der Waals surface area contributed by atoms with Crippen molar-refractivity contribution in [3.63, 3.8) is 0 Å². The predicted octanol–water partition coefficient (Wildman–Crippen LogP) is 7.95. The van der Waals surface area contributed by atoms with Crippen LogP contribution >= 0.6 is 11.3 Å². The number of hydrogen-bond acceptors (Lipinski definition) is 4. The third-order valence-electron chi connectivity index (χ3n) is 6.06. The molecule has 0 aliphatic rings. The van der Waals surface area contributed by atoms with E-state index in [0.717, 1.165) is 38.1 Å². The molecule has 0 saturated carbocycles. The molecule has 0 radical (unpaired) electrons.